The number of imide groups is 1. The molecule has 1 aromatic carbocycles. The second-order valence-corrected chi connectivity index (χ2v) is 7.94. The topological polar surface area (TPSA) is 105 Å². The fourth-order valence-electron chi connectivity index (χ4n) is 3.02. The van der Waals surface area contributed by atoms with Crippen molar-refractivity contribution in [3.8, 4) is 5.75 Å². The molecule has 1 aliphatic heterocycles. The molecule has 2 aromatic rings. The molecule has 2 heterocycles. The highest BCUT2D eigenvalue weighted by Gasteiger charge is 2.49. The van der Waals surface area contributed by atoms with Crippen molar-refractivity contribution in [1.82, 2.24) is 15.5 Å². The van der Waals surface area contributed by atoms with Crippen molar-refractivity contribution in [3.63, 3.8) is 0 Å². The number of rotatable bonds is 7. The predicted molar refractivity (Wildman–Crippen MR) is 107 cm³/mol. The van der Waals surface area contributed by atoms with E-state index in [1.165, 1.54) is 18.3 Å². The fourth-order valence-corrected chi connectivity index (χ4v) is 3.89. The summed E-state index contributed by atoms with van der Waals surface area (Å²) < 4.78 is 5.12. The van der Waals surface area contributed by atoms with Crippen LogP contribution < -0.4 is 15.4 Å². The van der Waals surface area contributed by atoms with E-state index in [4.69, 9.17) is 4.74 Å². The second-order valence-electron chi connectivity index (χ2n) is 6.77. The van der Waals surface area contributed by atoms with Crippen LogP contribution in [0.5, 0.6) is 5.75 Å². The molecule has 0 radical (unpaired) electrons. The normalized spacial score (nSPS) is 18.5. The number of ether oxygens (including phenoxy) is 1. The van der Waals surface area contributed by atoms with E-state index in [1.807, 2.05) is 0 Å². The Morgan fingerprint density at radius 2 is 1.86 bits per heavy atom. The Morgan fingerprint density at radius 3 is 2.48 bits per heavy atom. The molecule has 1 fully saturated rings. The van der Waals surface area contributed by atoms with Crippen LogP contribution in [0.1, 0.15) is 34.0 Å². The summed E-state index contributed by atoms with van der Waals surface area (Å²) in [6.45, 7) is 3.00. The van der Waals surface area contributed by atoms with Gasteiger partial charge in [0.1, 0.15) is 11.3 Å². The molecule has 1 aromatic heterocycles. The number of thiophene rings is 1. The minimum absolute atomic E-state index is 0.163. The van der Waals surface area contributed by atoms with Gasteiger partial charge in [0.15, 0.2) is 5.78 Å². The zero-order valence-electron chi connectivity index (χ0n) is 16.3. The zero-order valence-corrected chi connectivity index (χ0v) is 17.1. The highest BCUT2D eigenvalue weighted by Crippen LogP contribution is 2.30. The Bertz CT molecular complexity index is 969. The molecule has 9 heteroatoms. The van der Waals surface area contributed by atoms with Crippen LogP contribution in [0.25, 0.3) is 0 Å². The molecule has 0 saturated carbocycles. The first-order valence-electron chi connectivity index (χ1n) is 8.89. The molecule has 0 bridgehead atoms. The van der Waals surface area contributed by atoms with Crippen molar-refractivity contribution >= 4 is 35.0 Å². The van der Waals surface area contributed by atoms with Crippen molar-refractivity contribution in [2.24, 2.45) is 0 Å². The van der Waals surface area contributed by atoms with Crippen LogP contribution in [0.3, 0.4) is 0 Å². The molecular weight excluding hydrogens is 394 g/mol. The number of ketones is 1. The molecule has 1 aliphatic rings. The Morgan fingerprint density at radius 1 is 1.17 bits per heavy atom. The van der Waals surface area contributed by atoms with Crippen LogP contribution in [0.15, 0.2) is 36.4 Å². The fraction of sp³-hybridized carbons (Fsp3) is 0.300. The van der Waals surface area contributed by atoms with E-state index >= 15 is 0 Å². The van der Waals surface area contributed by atoms with Crippen LogP contribution in [0, 0.1) is 0 Å². The van der Waals surface area contributed by atoms with Crippen LogP contribution in [0.2, 0.25) is 0 Å². The van der Waals surface area contributed by atoms with Gasteiger partial charge in [-0.05, 0) is 36.8 Å². The summed E-state index contributed by atoms with van der Waals surface area (Å²) in [5.41, 5.74) is -0.657. The predicted octanol–water partition coefficient (Wildman–Crippen LogP) is 2.04. The summed E-state index contributed by atoms with van der Waals surface area (Å²) in [6, 6.07) is 9.57. The van der Waals surface area contributed by atoms with Crippen molar-refractivity contribution in [1.29, 1.82) is 0 Å². The first kappa shape index (κ1) is 20.5. The number of nitrogens with zero attached hydrogens (tertiary/aromatic N) is 1. The van der Waals surface area contributed by atoms with E-state index in [0.717, 1.165) is 9.78 Å². The van der Waals surface area contributed by atoms with Gasteiger partial charge in [-0.15, -0.1) is 11.3 Å². The van der Waals surface area contributed by atoms with Gasteiger partial charge in [-0.25, -0.2) is 4.79 Å². The van der Waals surface area contributed by atoms with E-state index in [9.17, 15) is 19.2 Å². The highest BCUT2D eigenvalue weighted by molar-refractivity contribution is 7.14. The van der Waals surface area contributed by atoms with Crippen molar-refractivity contribution < 1.29 is 23.9 Å². The van der Waals surface area contributed by atoms with Gasteiger partial charge in [0.05, 0.1) is 25.1 Å². The van der Waals surface area contributed by atoms with Crippen molar-refractivity contribution in [2.75, 3.05) is 13.7 Å². The number of hydrogen-bond acceptors (Lipinski definition) is 6. The molecule has 29 heavy (non-hydrogen) atoms. The molecule has 0 unspecified atom stereocenters. The lowest BCUT2D eigenvalue weighted by Gasteiger charge is -2.22. The third-order valence-electron chi connectivity index (χ3n) is 4.69. The highest BCUT2D eigenvalue weighted by atomic mass is 32.1. The summed E-state index contributed by atoms with van der Waals surface area (Å²) in [7, 11) is 1.54. The van der Waals surface area contributed by atoms with E-state index in [-0.39, 0.29) is 18.2 Å². The third-order valence-corrected chi connectivity index (χ3v) is 5.82. The number of Topliss-reactive ketones (excluding diaryl/α,β-unsaturated/α-hetero) is 1. The summed E-state index contributed by atoms with van der Waals surface area (Å²) in [4.78, 5) is 51.1. The van der Waals surface area contributed by atoms with Gasteiger partial charge in [-0.3, -0.25) is 19.3 Å². The molecule has 0 spiro atoms. The number of nitrogens with one attached hydrogen (secondary N) is 2. The third kappa shape index (κ3) is 4.14. The lowest BCUT2D eigenvalue weighted by Crippen LogP contribution is -2.41. The number of urea groups is 1. The molecule has 8 nitrogen and oxygen atoms in total. The van der Waals surface area contributed by atoms with E-state index in [2.05, 4.69) is 10.6 Å². The maximum atomic E-state index is 13.0. The quantitative estimate of drug-likeness (QED) is 0.532. The number of carbonyl (C=O) groups is 4. The number of amides is 4. The number of methoxy groups -OCH3 is 1. The van der Waals surface area contributed by atoms with E-state index < -0.39 is 17.5 Å². The number of benzene rings is 1. The maximum absolute atomic E-state index is 13.0. The van der Waals surface area contributed by atoms with Crippen LogP contribution in [-0.4, -0.2) is 42.2 Å². The lowest BCUT2D eigenvalue weighted by molar-refractivity contribution is -0.130. The van der Waals surface area contributed by atoms with Crippen molar-refractivity contribution in [3.05, 3.63) is 51.7 Å². The Kier molecular flexibility index (Phi) is 5.69. The lowest BCUT2D eigenvalue weighted by atomic mass is 9.92. The van der Waals surface area contributed by atoms with Gasteiger partial charge in [-0.2, -0.15) is 0 Å². The maximum Gasteiger partial charge on any atom is 0.325 e. The SMILES string of the molecule is COc1ccc([C@]2(C)NC(=O)N(CC(=O)c3ccc(CNC(C)=O)s3)C2=O)cc1. The monoisotopic (exact) mass is 415 g/mol. The van der Waals surface area contributed by atoms with Crippen molar-refractivity contribution in [2.45, 2.75) is 25.9 Å². The molecule has 1 atom stereocenters. The van der Waals surface area contributed by atoms with Gasteiger partial charge in [-0.1, -0.05) is 12.1 Å². The van der Waals surface area contributed by atoms with Crippen LogP contribution in [0.4, 0.5) is 4.79 Å². The minimum atomic E-state index is -1.25. The van der Waals surface area contributed by atoms with Crippen LogP contribution >= 0.6 is 11.3 Å². The average molecular weight is 415 g/mol. The molecule has 4 amide bonds. The molecular formula is C20H21N3O5S. The average Bonchev–Trinajstić information content (AvgIpc) is 3.26. The van der Waals surface area contributed by atoms with E-state index in [1.54, 1.807) is 50.4 Å². The largest absolute Gasteiger partial charge is 0.497 e. The molecule has 2 N–H and O–H groups in total. The van der Waals surface area contributed by atoms with Gasteiger partial charge < -0.3 is 15.4 Å². The molecule has 3 rings (SSSR count). The molecule has 152 valence electrons. The first-order valence-corrected chi connectivity index (χ1v) is 9.71. The Labute approximate surface area is 171 Å². The first-order chi connectivity index (χ1) is 13.7. The molecule has 0 aliphatic carbocycles. The molecule has 1 saturated heterocycles. The number of hydrogen-bond donors (Lipinski definition) is 2. The summed E-state index contributed by atoms with van der Waals surface area (Å²) in [5.74, 6) is -0.361. The number of carbonyl (C=O) groups excluding carboxylic acids is 4. The van der Waals surface area contributed by atoms with Gasteiger partial charge in [0.2, 0.25) is 5.91 Å². The minimum Gasteiger partial charge on any atom is -0.497 e. The Hall–Kier alpha value is -3.20. The van der Waals surface area contributed by atoms with Gasteiger partial charge in [0, 0.05) is 11.8 Å². The van der Waals surface area contributed by atoms with Crippen LogP contribution in [-0.2, 0) is 21.7 Å². The second kappa shape index (κ2) is 8.04. The van der Waals surface area contributed by atoms with E-state index in [0.29, 0.717) is 22.7 Å². The summed E-state index contributed by atoms with van der Waals surface area (Å²) >= 11 is 1.22. The summed E-state index contributed by atoms with van der Waals surface area (Å²) in [6.07, 6.45) is 0. The summed E-state index contributed by atoms with van der Waals surface area (Å²) in [5, 5.41) is 5.34. The standard InChI is InChI=1S/C20H21N3O5S/c1-12(24)21-10-15-8-9-17(29-15)16(25)11-23-18(26)20(2,22-19(23)27)13-4-6-14(28-3)7-5-13/h4-9H,10-11H2,1-3H3,(H,21,24)(H,22,27)/t20-/m0/s1. The van der Waals surface area contributed by atoms with Gasteiger partial charge in [0.25, 0.3) is 5.91 Å². The smallest absolute Gasteiger partial charge is 0.325 e. The Balaban J connectivity index is 1.72. The van der Waals surface area contributed by atoms with Gasteiger partial charge >= 0.3 is 6.03 Å². The zero-order chi connectivity index (χ0) is 21.2.